The number of aryl methyl sites for hydroxylation is 2. The number of nitrogens with one attached hydrogen (secondary N) is 1. The minimum absolute atomic E-state index is 0.141. The maximum Gasteiger partial charge on any atom is 0.273 e. The van der Waals surface area contributed by atoms with Crippen LogP contribution in [0.25, 0.3) is 11.3 Å². The zero-order valence-electron chi connectivity index (χ0n) is 18.0. The Morgan fingerprint density at radius 2 is 1.97 bits per heavy atom. The number of thioether (sulfide) groups is 1. The fraction of sp³-hybridized carbons (Fsp3) is 0.200. The van der Waals surface area contributed by atoms with E-state index in [9.17, 15) is 9.90 Å². The molecule has 0 fully saturated rings. The van der Waals surface area contributed by atoms with Gasteiger partial charge in [0.2, 0.25) is 0 Å². The number of H-pyrrole nitrogens is 1. The Morgan fingerprint density at radius 3 is 2.66 bits per heavy atom. The predicted molar refractivity (Wildman–Crippen MR) is 124 cm³/mol. The number of benzene rings is 2. The van der Waals surface area contributed by atoms with E-state index in [-0.39, 0.29) is 17.7 Å². The van der Waals surface area contributed by atoms with Gasteiger partial charge < -0.3 is 14.4 Å². The Kier molecular flexibility index (Phi) is 5.06. The summed E-state index contributed by atoms with van der Waals surface area (Å²) in [7, 11) is 0. The largest absolute Gasteiger partial charge is 0.507 e. The first-order chi connectivity index (χ1) is 15.5. The zero-order chi connectivity index (χ0) is 22.4. The molecule has 0 bridgehead atoms. The lowest BCUT2D eigenvalue weighted by atomic mass is 9.94. The Bertz CT molecular complexity index is 1290. The highest BCUT2D eigenvalue weighted by Gasteiger charge is 2.43. The molecule has 4 aromatic rings. The quantitative estimate of drug-likeness (QED) is 0.399. The van der Waals surface area contributed by atoms with Crippen LogP contribution in [0, 0.1) is 13.8 Å². The first kappa shape index (κ1) is 20.5. The molecular formula is C25H23N3O3S. The van der Waals surface area contributed by atoms with Crippen LogP contribution in [0.2, 0.25) is 0 Å². The lowest BCUT2D eigenvalue weighted by molar-refractivity contribution is 0.0717. The van der Waals surface area contributed by atoms with Crippen molar-refractivity contribution in [1.29, 1.82) is 0 Å². The second-order valence-corrected chi connectivity index (χ2v) is 8.91. The van der Waals surface area contributed by atoms with Gasteiger partial charge >= 0.3 is 0 Å². The van der Waals surface area contributed by atoms with Crippen molar-refractivity contribution < 1.29 is 14.3 Å². The number of hydrogen-bond acceptors (Lipinski definition) is 5. The molecule has 2 aromatic carbocycles. The van der Waals surface area contributed by atoms with E-state index in [0.717, 1.165) is 27.1 Å². The van der Waals surface area contributed by atoms with E-state index in [1.165, 1.54) is 0 Å². The summed E-state index contributed by atoms with van der Waals surface area (Å²) in [5.41, 5.74) is 5.21. The van der Waals surface area contributed by atoms with E-state index in [1.54, 1.807) is 22.9 Å². The number of carbonyl (C=O) groups excluding carboxylic acids is 1. The van der Waals surface area contributed by atoms with Gasteiger partial charge in [0, 0.05) is 16.0 Å². The van der Waals surface area contributed by atoms with Gasteiger partial charge in [-0.05, 0) is 67.1 Å². The summed E-state index contributed by atoms with van der Waals surface area (Å²) in [5, 5.41) is 18.2. The van der Waals surface area contributed by atoms with Crippen molar-refractivity contribution in [3.05, 3.63) is 88.5 Å². The molecular weight excluding hydrogens is 422 g/mol. The van der Waals surface area contributed by atoms with Crippen molar-refractivity contribution in [2.45, 2.75) is 31.3 Å². The van der Waals surface area contributed by atoms with Crippen LogP contribution in [0.1, 0.15) is 44.5 Å². The van der Waals surface area contributed by atoms with Gasteiger partial charge in [-0.25, -0.2) is 0 Å². The number of amides is 1. The summed E-state index contributed by atoms with van der Waals surface area (Å²) in [6.07, 6.45) is 3.64. The lowest BCUT2D eigenvalue weighted by Gasteiger charge is -2.26. The highest BCUT2D eigenvalue weighted by molar-refractivity contribution is 7.98. The molecule has 1 atom stereocenters. The molecule has 1 amide bonds. The summed E-state index contributed by atoms with van der Waals surface area (Å²) in [6.45, 7) is 4.18. The average Bonchev–Trinajstić information content (AvgIpc) is 3.51. The van der Waals surface area contributed by atoms with E-state index in [0.29, 0.717) is 29.3 Å². The van der Waals surface area contributed by atoms with E-state index in [1.807, 2.05) is 56.5 Å². The molecule has 2 N–H and O–H groups in total. The Balaban J connectivity index is 1.69. The van der Waals surface area contributed by atoms with Gasteiger partial charge in [0.15, 0.2) is 0 Å². The summed E-state index contributed by atoms with van der Waals surface area (Å²) in [6, 6.07) is 15.4. The summed E-state index contributed by atoms with van der Waals surface area (Å²) >= 11 is 1.67. The van der Waals surface area contributed by atoms with Crippen molar-refractivity contribution in [3.63, 3.8) is 0 Å². The number of nitrogens with zero attached hydrogens (tertiary/aromatic N) is 2. The topological polar surface area (TPSA) is 82.4 Å². The summed E-state index contributed by atoms with van der Waals surface area (Å²) in [4.78, 5) is 16.4. The van der Waals surface area contributed by atoms with Crippen molar-refractivity contribution in [3.8, 4) is 17.0 Å². The van der Waals surface area contributed by atoms with Crippen LogP contribution >= 0.6 is 11.8 Å². The SMILES string of the molecule is CSc1ccc(C2c3c(-c4cc(C)cc(C)c4O)n[nH]c3C(=O)N2Cc2ccco2)cc1. The number of hydrogen-bond donors (Lipinski definition) is 2. The summed E-state index contributed by atoms with van der Waals surface area (Å²) < 4.78 is 5.54. The first-order valence-corrected chi connectivity index (χ1v) is 11.6. The summed E-state index contributed by atoms with van der Waals surface area (Å²) in [5.74, 6) is 0.745. The number of furan rings is 1. The van der Waals surface area contributed by atoms with Gasteiger partial charge in [0.05, 0.1) is 18.8 Å². The van der Waals surface area contributed by atoms with Gasteiger partial charge in [0.25, 0.3) is 5.91 Å². The van der Waals surface area contributed by atoms with Crippen LogP contribution in [0.3, 0.4) is 0 Å². The Hall–Kier alpha value is -3.45. The predicted octanol–water partition coefficient (Wildman–Crippen LogP) is 5.46. The van der Waals surface area contributed by atoms with Crippen LogP contribution in [0.5, 0.6) is 5.75 Å². The third-order valence-corrected chi connectivity index (χ3v) is 6.65. The van der Waals surface area contributed by atoms with Gasteiger partial charge in [-0.15, -0.1) is 11.8 Å². The third-order valence-electron chi connectivity index (χ3n) is 5.90. The van der Waals surface area contributed by atoms with E-state index in [2.05, 4.69) is 22.3 Å². The minimum atomic E-state index is -0.354. The van der Waals surface area contributed by atoms with Gasteiger partial charge in [-0.3, -0.25) is 9.89 Å². The highest BCUT2D eigenvalue weighted by atomic mass is 32.2. The van der Waals surface area contributed by atoms with Crippen LogP contribution in [0.4, 0.5) is 0 Å². The number of aromatic hydroxyl groups is 1. The molecule has 6 nitrogen and oxygen atoms in total. The second-order valence-electron chi connectivity index (χ2n) is 8.03. The van der Waals surface area contributed by atoms with Gasteiger partial charge in [-0.2, -0.15) is 5.10 Å². The number of phenolic OH excluding ortho intramolecular Hbond substituents is 1. The van der Waals surface area contributed by atoms with Crippen LogP contribution in [0.15, 0.2) is 64.1 Å². The van der Waals surface area contributed by atoms with Gasteiger partial charge in [0.1, 0.15) is 22.9 Å². The minimum Gasteiger partial charge on any atom is -0.507 e. The molecule has 0 spiro atoms. The number of aromatic amines is 1. The number of phenols is 1. The average molecular weight is 446 g/mol. The lowest BCUT2D eigenvalue weighted by Crippen LogP contribution is -2.29. The molecule has 0 aliphatic carbocycles. The van der Waals surface area contributed by atoms with E-state index < -0.39 is 0 Å². The maximum atomic E-state index is 13.4. The van der Waals surface area contributed by atoms with Crippen LogP contribution < -0.4 is 0 Å². The normalized spacial score (nSPS) is 15.4. The molecule has 0 saturated heterocycles. The first-order valence-electron chi connectivity index (χ1n) is 10.3. The number of carbonyl (C=O) groups is 1. The Labute approximate surface area is 190 Å². The molecule has 1 aliphatic heterocycles. The molecule has 162 valence electrons. The standard InChI is InChI=1S/C25H23N3O3S/c1-14-11-15(2)24(29)19(12-14)21-20-22(27-26-21)25(30)28(13-17-5-4-10-31-17)23(20)16-6-8-18(32-3)9-7-16/h4-12,23,29H,13H2,1-3H3,(H,26,27). The molecule has 0 saturated carbocycles. The van der Waals surface area contributed by atoms with E-state index in [4.69, 9.17) is 4.42 Å². The molecule has 2 aromatic heterocycles. The van der Waals surface area contributed by atoms with Crippen LogP contribution in [-0.4, -0.2) is 32.4 Å². The molecule has 5 rings (SSSR count). The monoisotopic (exact) mass is 445 g/mol. The zero-order valence-corrected chi connectivity index (χ0v) is 18.9. The fourth-order valence-corrected chi connectivity index (χ4v) is 4.82. The second kappa shape index (κ2) is 7.91. The van der Waals surface area contributed by atoms with Crippen molar-refractivity contribution in [1.82, 2.24) is 15.1 Å². The van der Waals surface area contributed by atoms with Crippen molar-refractivity contribution in [2.24, 2.45) is 0 Å². The van der Waals surface area contributed by atoms with E-state index >= 15 is 0 Å². The highest BCUT2D eigenvalue weighted by Crippen LogP contribution is 2.46. The van der Waals surface area contributed by atoms with Crippen molar-refractivity contribution >= 4 is 17.7 Å². The fourth-order valence-electron chi connectivity index (χ4n) is 4.41. The number of fused-ring (bicyclic) bond motifs is 1. The number of rotatable bonds is 5. The maximum absolute atomic E-state index is 13.4. The molecule has 0 radical (unpaired) electrons. The molecule has 32 heavy (non-hydrogen) atoms. The smallest absolute Gasteiger partial charge is 0.273 e. The van der Waals surface area contributed by atoms with Crippen LogP contribution in [-0.2, 0) is 6.54 Å². The molecule has 7 heteroatoms. The third kappa shape index (κ3) is 3.29. The Morgan fingerprint density at radius 1 is 1.19 bits per heavy atom. The number of aromatic nitrogens is 2. The molecule has 1 unspecified atom stereocenters. The molecule has 1 aliphatic rings. The van der Waals surface area contributed by atoms with Gasteiger partial charge in [-0.1, -0.05) is 18.2 Å². The van der Waals surface area contributed by atoms with Crippen molar-refractivity contribution in [2.75, 3.05) is 6.26 Å². The molecule has 3 heterocycles.